The number of benzene rings is 2. The molecule has 0 radical (unpaired) electrons. The number of nitrogens with one attached hydrogen (secondary N) is 4. The third-order valence-electron chi connectivity index (χ3n) is 3.97. The third kappa shape index (κ3) is 11.5. The van der Waals surface area contributed by atoms with Crippen LogP contribution in [0.3, 0.4) is 0 Å². The number of halogens is 2. The molecule has 2 aromatic rings. The number of sulfonamides is 1. The summed E-state index contributed by atoms with van der Waals surface area (Å²) in [5.74, 6) is -0.677. The maximum absolute atomic E-state index is 12.3. The molecule has 2 aromatic carbocycles. The summed E-state index contributed by atoms with van der Waals surface area (Å²) < 4.78 is 32.3. The maximum atomic E-state index is 12.3. The van der Waals surface area contributed by atoms with Gasteiger partial charge in [-0.1, -0.05) is 23.7 Å². The van der Waals surface area contributed by atoms with Gasteiger partial charge >= 0.3 is 12.1 Å². The molecule has 3 amide bonds. The van der Waals surface area contributed by atoms with Crippen LogP contribution in [0.2, 0.25) is 5.02 Å². The first-order chi connectivity index (χ1) is 17.2. The van der Waals surface area contributed by atoms with Gasteiger partial charge in [0.2, 0.25) is 10.0 Å². The van der Waals surface area contributed by atoms with E-state index in [9.17, 15) is 23.1 Å². The zero-order valence-corrected chi connectivity index (χ0v) is 23.8. The number of phenolic OH excluding ortho intramolecular Hbond substituents is 1. The number of alkyl carbamates (subject to hydrolysis) is 1. The molecular formula is C22H32BrClN6O6S. The summed E-state index contributed by atoms with van der Waals surface area (Å²) in [7, 11) is -4.10. The van der Waals surface area contributed by atoms with Crippen LogP contribution in [0.1, 0.15) is 20.8 Å². The molecule has 9 N–H and O–H groups in total. The number of phenols is 1. The van der Waals surface area contributed by atoms with Gasteiger partial charge in [-0.2, -0.15) is 0 Å². The minimum absolute atomic E-state index is 0.0295. The Morgan fingerprint density at radius 1 is 1.03 bits per heavy atom. The largest absolute Gasteiger partial charge is 0.504 e. The van der Waals surface area contributed by atoms with Crippen molar-refractivity contribution in [3.05, 3.63) is 45.9 Å². The SMILES string of the molecule is CC(C)(C)OC(=O)NCCN.NCCNS(=O)(=O)c1c(Cl)ccc(NC(=O)Nc2ccccc2Br)c1O. The summed E-state index contributed by atoms with van der Waals surface area (Å²) in [6.07, 6.45) is -0.414. The first kappa shape index (κ1) is 32.4. The first-order valence-corrected chi connectivity index (χ1v) is 13.6. The van der Waals surface area contributed by atoms with Crippen molar-refractivity contribution in [1.82, 2.24) is 10.0 Å². The number of hydrogen-bond donors (Lipinski definition) is 7. The summed E-state index contributed by atoms with van der Waals surface area (Å²) in [6.45, 7) is 6.37. The molecule has 0 heterocycles. The summed E-state index contributed by atoms with van der Waals surface area (Å²) in [5, 5.41) is 17.6. The van der Waals surface area contributed by atoms with E-state index in [4.69, 9.17) is 27.8 Å². The fourth-order valence-electron chi connectivity index (χ4n) is 2.50. The molecule has 0 saturated carbocycles. The van der Waals surface area contributed by atoms with Crippen LogP contribution in [0.25, 0.3) is 0 Å². The van der Waals surface area contributed by atoms with Gasteiger partial charge in [0.15, 0.2) is 5.75 Å². The van der Waals surface area contributed by atoms with Crippen LogP contribution in [-0.4, -0.2) is 57.4 Å². The Morgan fingerprint density at radius 2 is 1.62 bits per heavy atom. The molecule has 0 bridgehead atoms. The van der Waals surface area contributed by atoms with Crippen molar-refractivity contribution in [2.45, 2.75) is 31.3 Å². The molecule has 2 rings (SSSR count). The molecule has 37 heavy (non-hydrogen) atoms. The number of aromatic hydroxyl groups is 1. The van der Waals surface area contributed by atoms with E-state index in [0.717, 1.165) is 0 Å². The van der Waals surface area contributed by atoms with Crippen LogP contribution in [0.15, 0.2) is 45.8 Å². The summed E-state index contributed by atoms with van der Waals surface area (Å²) >= 11 is 9.20. The van der Waals surface area contributed by atoms with E-state index in [0.29, 0.717) is 23.2 Å². The number of hydrogen-bond acceptors (Lipinski definition) is 8. The molecule has 0 aliphatic heterocycles. The highest BCUT2D eigenvalue weighted by Crippen LogP contribution is 2.36. The van der Waals surface area contributed by atoms with Crippen molar-refractivity contribution in [2.75, 3.05) is 36.8 Å². The quantitative estimate of drug-likeness (QED) is 0.218. The molecule has 12 nitrogen and oxygen atoms in total. The number of rotatable bonds is 8. The molecular weight excluding hydrogens is 592 g/mol. The second-order valence-corrected chi connectivity index (χ2v) is 11.2. The average molecular weight is 624 g/mol. The first-order valence-electron chi connectivity index (χ1n) is 10.9. The number of carbonyl (C=O) groups is 2. The van der Waals surface area contributed by atoms with Crippen molar-refractivity contribution in [3.63, 3.8) is 0 Å². The average Bonchev–Trinajstić information content (AvgIpc) is 2.79. The Bertz CT molecular complexity index is 1180. The minimum Gasteiger partial charge on any atom is -0.504 e. The lowest BCUT2D eigenvalue weighted by atomic mass is 10.2. The fraction of sp³-hybridized carbons (Fsp3) is 0.364. The topological polar surface area (TPSA) is 198 Å². The van der Waals surface area contributed by atoms with E-state index >= 15 is 0 Å². The number of para-hydroxylation sites is 1. The molecule has 15 heteroatoms. The lowest BCUT2D eigenvalue weighted by Gasteiger charge is -2.19. The summed E-state index contributed by atoms with van der Waals surface area (Å²) in [4.78, 5) is 22.4. The number of amides is 3. The van der Waals surface area contributed by atoms with Crippen LogP contribution in [0, 0.1) is 0 Å². The van der Waals surface area contributed by atoms with Crippen LogP contribution < -0.4 is 32.1 Å². The summed E-state index contributed by atoms with van der Waals surface area (Å²) in [5.41, 5.74) is 10.4. The zero-order valence-electron chi connectivity index (χ0n) is 20.6. The Balaban J connectivity index is 0.000000525. The molecule has 0 unspecified atom stereocenters. The van der Waals surface area contributed by atoms with Gasteiger partial charge in [-0.3, -0.25) is 0 Å². The minimum atomic E-state index is -4.10. The van der Waals surface area contributed by atoms with E-state index in [1.165, 1.54) is 12.1 Å². The second-order valence-electron chi connectivity index (χ2n) is 8.24. The lowest BCUT2D eigenvalue weighted by molar-refractivity contribution is 0.0529. The molecule has 0 aromatic heterocycles. The fourth-order valence-corrected chi connectivity index (χ4v) is 4.56. The van der Waals surface area contributed by atoms with Crippen LogP contribution in [0.4, 0.5) is 21.0 Å². The molecule has 0 atom stereocenters. The van der Waals surface area contributed by atoms with E-state index in [1.54, 1.807) is 24.3 Å². The second kappa shape index (κ2) is 15.0. The highest BCUT2D eigenvalue weighted by molar-refractivity contribution is 9.10. The predicted molar refractivity (Wildman–Crippen MR) is 147 cm³/mol. The van der Waals surface area contributed by atoms with Crippen LogP contribution >= 0.6 is 27.5 Å². The van der Waals surface area contributed by atoms with Crippen LogP contribution in [0.5, 0.6) is 5.75 Å². The van der Waals surface area contributed by atoms with E-state index in [1.807, 2.05) is 20.8 Å². The van der Waals surface area contributed by atoms with E-state index < -0.39 is 38.4 Å². The van der Waals surface area contributed by atoms with Gasteiger partial charge in [0.1, 0.15) is 10.5 Å². The lowest BCUT2D eigenvalue weighted by Crippen LogP contribution is -2.35. The standard InChI is InChI=1S/C15H16BrClN4O4S.C7H16N2O2/c16-9-3-1-2-4-11(9)20-15(23)21-12-6-5-10(17)14(13(12)22)26(24,25)19-8-7-18;1-7(2,3)11-6(10)9-5-4-8/h1-6,19,22H,7-8,18H2,(H2,20,21,23);4-5,8H2,1-3H3,(H,9,10). The van der Waals surface area contributed by atoms with E-state index in [-0.39, 0.29) is 23.8 Å². The van der Waals surface area contributed by atoms with Gasteiger partial charge in [-0.05, 0) is 61.0 Å². The number of urea groups is 1. The van der Waals surface area contributed by atoms with Crippen LogP contribution in [-0.2, 0) is 14.8 Å². The zero-order chi connectivity index (χ0) is 28.2. The molecule has 206 valence electrons. The van der Waals surface area contributed by atoms with Crippen molar-refractivity contribution < 1.29 is 27.9 Å². The van der Waals surface area contributed by atoms with Gasteiger partial charge in [0, 0.05) is 30.7 Å². The van der Waals surface area contributed by atoms with Gasteiger partial charge in [0.25, 0.3) is 0 Å². The Labute approximate surface area is 229 Å². The molecule has 0 fully saturated rings. The monoisotopic (exact) mass is 622 g/mol. The number of ether oxygens (including phenoxy) is 1. The van der Waals surface area contributed by atoms with Crippen molar-refractivity contribution in [2.24, 2.45) is 11.5 Å². The predicted octanol–water partition coefficient (Wildman–Crippen LogP) is 3.16. The highest BCUT2D eigenvalue weighted by atomic mass is 79.9. The van der Waals surface area contributed by atoms with Crippen molar-refractivity contribution in [3.8, 4) is 5.75 Å². The van der Waals surface area contributed by atoms with Crippen molar-refractivity contribution >= 4 is 61.1 Å². The third-order valence-corrected chi connectivity index (χ3v) is 6.62. The van der Waals surface area contributed by atoms with Crippen molar-refractivity contribution in [1.29, 1.82) is 0 Å². The number of carbonyl (C=O) groups excluding carboxylic acids is 2. The Kier molecular flexibility index (Phi) is 13.1. The molecule has 0 aliphatic carbocycles. The Hall–Kier alpha value is -2.62. The maximum Gasteiger partial charge on any atom is 0.407 e. The molecule has 0 saturated heterocycles. The number of anilines is 2. The van der Waals surface area contributed by atoms with E-state index in [2.05, 4.69) is 36.6 Å². The van der Waals surface area contributed by atoms with Gasteiger partial charge in [0.05, 0.1) is 16.4 Å². The highest BCUT2D eigenvalue weighted by Gasteiger charge is 2.25. The Morgan fingerprint density at radius 3 is 2.19 bits per heavy atom. The smallest absolute Gasteiger partial charge is 0.407 e. The normalized spacial score (nSPS) is 11.1. The number of nitrogens with two attached hydrogens (primary N) is 2. The van der Waals surface area contributed by atoms with Gasteiger partial charge in [-0.15, -0.1) is 0 Å². The molecule has 0 aliphatic rings. The van der Waals surface area contributed by atoms with Gasteiger partial charge < -0.3 is 37.3 Å². The molecule has 0 spiro atoms. The van der Waals surface area contributed by atoms with Gasteiger partial charge in [-0.25, -0.2) is 22.7 Å². The summed E-state index contributed by atoms with van der Waals surface area (Å²) in [6, 6.07) is 8.79.